The number of hydrogen-bond donors (Lipinski definition) is 1. The Balaban J connectivity index is 2.58. The highest BCUT2D eigenvalue weighted by atomic mass is 16.4. The fourth-order valence-electron chi connectivity index (χ4n) is 2.58. The summed E-state index contributed by atoms with van der Waals surface area (Å²) < 4.78 is 0. The quantitative estimate of drug-likeness (QED) is 0.829. The van der Waals surface area contributed by atoms with Crippen LogP contribution in [0.15, 0.2) is 6.07 Å². The lowest BCUT2D eigenvalue weighted by Gasteiger charge is -2.26. The standard InChI is InChI=1S/C15H21NO2/c1-9-5-6-12-10(7-9)8-11(14(17)18)13(16-12)15(2,3)4/h8-9H,5-7H2,1-4H3,(H,17,18). The lowest BCUT2D eigenvalue weighted by molar-refractivity contribution is 0.0693. The van der Waals surface area contributed by atoms with Crippen molar-refractivity contribution in [2.45, 2.75) is 52.4 Å². The van der Waals surface area contributed by atoms with Crippen molar-refractivity contribution >= 4 is 5.97 Å². The summed E-state index contributed by atoms with van der Waals surface area (Å²) in [5, 5.41) is 9.36. The molecule has 0 fully saturated rings. The summed E-state index contributed by atoms with van der Waals surface area (Å²) >= 11 is 0. The van der Waals surface area contributed by atoms with E-state index in [0.29, 0.717) is 17.2 Å². The molecule has 0 spiro atoms. The van der Waals surface area contributed by atoms with Gasteiger partial charge in [0.05, 0.1) is 11.3 Å². The average Bonchev–Trinajstić information content (AvgIpc) is 2.25. The van der Waals surface area contributed by atoms with Crippen molar-refractivity contribution in [3.63, 3.8) is 0 Å². The van der Waals surface area contributed by atoms with E-state index in [1.165, 1.54) is 0 Å². The molecule has 3 nitrogen and oxygen atoms in total. The fourth-order valence-corrected chi connectivity index (χ4v) is 2.58. The highest BCUT2D eigenvalue weighted by Gasteiger charge is 2.27. The van der Waals surface area contributed by atoms with Crippen LogP contribution in [0.25, 0.3) is 0 Å². The summed E-state index contributed by atoms with van der Waals surface area (Å²) in [5.74, 6) is -0.241. The molecule has 1 atom stereocenters. The smallest absolute Gasteiger partial charge is 0.337 e. The highest BCUT2D eigenvalue weighted by Crippen LogP contribution is 2.30. The van der Waals surface area contributed by atoms with E-state index in [1.807, 2.05) is 26.8 Å². The first-order valence-corrected chi connectivity index (χ1v) is 6.55. The first-order chi connectivity index (χ1) is 8.29. The van der Waals surface area contributed by atoms with Gasteiger partial charge in [-0.25, -0.2) is 4.79 Å². The van der Waals surface area contributed by atoms with Crippen LogP contribution >= 0.6 is 0 Å². The second kappa shape index (κ2) is 4.38. The number of aromatic nitrogens is 1. The van der Waals surface area contributed by atoms with Gasteiger partial charge in [0.25, 0.3) is 0 Å². The maximum atomic E-state index is 11.4. The van der Waals surface area contributed by atoms with Crippen LogP contribution in [-0.4, -0.2) is 16.1 Å². The molecule has 0 aliphatic heterocycles. The molecule has 98 valence electrons. The maximum Gasteiger partial charge on any atom is 0.337 e. The first-order valence-electron chi connectivity index (χ1n) is 6.55. The summed E-state index contributed by atoms with van der Waals surface area (Å²) in [6, 6.07) is 1.85. The third kappa shape index (κ3) is 2.40. The number of fused-ring (bicyclic) bond motifs is 1. The van der Waals surface area contributed by atoms with Crippen LogP contribution in [0.5, 0.6) is 0 Å². The van der Waals surface area contributed by atoms with Crippen molar-refractivity contribution < 1.29 is 9.90 Å². The number of hydrogen-bond acceptors (Lipinski definition) is 2. The molecule has 0 radical (unpaired) electrons. The Morgan fingerprint density at radius 3 is 2.67 bits per heavy atom. The number of aromatic carboxylic acids is 1. The molecule has 0 aromatic carbocycles. The Bertz CT molecular complexity index is 486. The topological polar surface area (TPSA) is 50.2 Å². The van der Waals surface area contributed by atoms with Crippen molar-refractivity contribution in [3.05, 3.63) is 28.6 Å². The summed E-state index contributed by atoms with van der Waals surface area (Å²) in [6.07, 6.45) is 3.07. The van der Waals surface area contributed by atoms with Gasteiger partial charge in [-0.1, -0.05) is 27.7 Å². The van der Waals surface area contributed by atoms with Crippen molar-refractivity contribution in [2.75, 3.05) is 0 Å². The Morgan fingerprint density at radius 2 is 2.11 bits per heavy atom. The van der Waals surface area contributed by atoms with Crippen molar-refractivity contribution in [1.29, 1.82) is 0 Å². The summed E-state index contributed by atoms with van der Waals surface area (Å²) in [6.45, 7) is 8.25. The molecule has 1 aliphatic rings. The van der Waals surface area contributed by atoms with Gasteiger partial charge in [0, 0.05) is 11.1 Å². The zero-order valence-electron chi connectivity index (χ0n) is 11.6. The van der Waals surface area contributed by atoms with E-state index in [2.05, 4.69) is 11.9 Å². The molecular weight excluding hydrogens is 226 g/mol. The second-order valence-corrected chi connectivity index (χ2v) is 6.39. The van der Waals surface area contributed by atoms with Crippen LogP contribution in [0.3, 0.4) is 0 Å². The van der Waals surface area contributed by atoms with Crippen LogP contribution in [0, 0.1) is 5.92 Å². The van der Waals surface area contributed by atoms with Crippen LogP contribution in [0.1, 0.15) is 61.4 Å². The predicted molar refractivity (Wildman–Crippen MR) is 71.1 cm³/mol. The van der Waals surface area contributed by atoms with Gasteiger partial charge in [0.2, 0.25) is 0 Å². The summed E-state index contributed by atoms with van der Waals surface area (Å²) in [5.41, 5.74) is 3.08. The number of carbonyl (C=O) groups is 1. The van der Waals surface area contributed by atoms with Gasteiger partial charge in [0.15, 0.2) is 0 Å². The van der Waals surface area contributed by atoms with Crippen molar-refractivity contribution in [3.8, 4) is 0 Å². The second-order valence-electron chi connectivity index (χ2n) is 6.39. The van der Waals surface area contributed by atoms with E-state index < -0.39 is 5.97 Å². The molecule has 0 saturated carbocycles. The number of carboxylic acid groups (broad SMARTS) is 1. The zero-order chi connectivity index (χ0) is 13.5. The van der Waals surface area contributed by atoms with Gasteiger partial charge in [-0.2, -0.15) is 0 Å². The lowest BCUT2D eigenvalue weighted by atomic mass is 9.83. The Kier molecular flexibility index (Phi) is 3.18. The number of carboxylic acids is 1. The fraction of sp³-hybridized carbons (Fsp3) is 0.600. The molecule has 0 amide bonds. The number of pyridine rings is 1. The SMILES string of the molecule is CC1CCc2nc(C(C)(C)C)c(C(=O)O)cc2C1. The number of aryl methyl sites for hydroxylation is 1. The monoisotopic (exact) mass is 247 g/mol. The van der Waals surface area contributed by atoms with Gasteiger partial charge in [-0.05, 0) is 36.8 Å². The minimum absolute atomic E-state index is 0.230. The Morgan fingerprint density at radius 1 is 1.44 bits per heavy atom. The third-order valence-electron chi connectivity index (χ3n) is 3.57. The van der Waals surface area contributed by atoms with E-state index in [4.69, 9.17) is 0 Å². The molecule has 1 aromatic rings. The van der Waals surface area contributed by atoms with Gasteiger partial charge in [-0.3, -0.25) is 4.98 Å². The van der Waals surface area contributed by atoms with Crippen LogP contribution in [-0.2, 0) is 18.3 Å². The molecule has 1 aliphatic carbocycles. The lowest BCUT2D eigenvalue weighted by Crippen LogP contribution is -2.23. The van der Waals surface area contributed by atoms with Crippen molar-refractivity contribution in [1.82, 2.24) is 4.98 Å². The van der Waals surface area contributed by atoms with E-state index in [9.17, 15) is 9.90 Å². The van der Waals surface area contributed by atoms with Gasteiger partial charge < -0.3 is 5.11 Å². The molecule has 1 aromatic heterocycles. The summed E-state index contributed by atoms with van der Waals surface area (Å²) in [4.78, 5) is 16.1. The molecular formula is C15H21NO2. The van der Waals surface area contributed by atoms with Crippen molar-refractivity contribution in [2.24, 2.45) is 5.92 Å². The molecule has 1 N–H and O–H groups in total. The molecule has 18 heavy (non-hydrogen) atoms. The molecule has 1 unspecified atom stereocenters. The average molecular weight is 247 g/mol. The van der Waals surface area contributed by atoms with E-state index in [1.54, 1.807) is 0 Å². The molecule has 2 rings (SSSR count). The Hall–Kier alpha value is -1.38. The van der Waals surface area contributed by atoms with Crippen LogP contribution < -0.4 is 0 Å². The van der Waals surface area contributed by atoms with E-state index in [0.717, 1.165) is 30.5 Å². The van der Waals surface area contributed by atoms with E-state index >= 15 is 0 Å². The van der Waals surface area contributed by atoms with Crippen LogP contribution in [0.4, 0.5) is 0 Å². The molecule has 3 heteroatoms. The van der Waals surface area contributed by atoms with Crippen LogP contribution in [0.2, 0.25) is 0 Å². The highest BCUT2D eigenvalue weighted by molar-refractivity contribution is 5.89. The molecule has 1 heterocycles. The third-order valence-corrected chi connectivity index (χ3v) is 3.57. The van der Waals surface area contributed by atoms with Gasteiger partial charge in [-0.15, -0.1) is 0 Å². The van der Waals surface area contributed by atoms with E-state index in [-0.39, 0.29) is 5.41 Å². The Labute approximate surface area is 108 Å². The molecule has 0 bridgehead atoms. The predicted octanol–water partition coefficient (Wildman–Crippen LogP) is 3.20. The zero-order valence-corrected chi connectivity index (χ0v) is 11.6. The van der Waals surface area contributed by atoms with Gasteiger partial charge in [0.1, 0.15) is 0 Å². The largest absolute Gasteiger partial charge is 0.478 e. The molecule has 0 saturated heterocycles. The summed E-state index contributed by atoms with van der Waals surface area (Å²) in [7, 11) is 0. The number of rotatable bonds is 1. The normalized spacial score (nSPS) is 19.4. The first kappa shape index (κ1) is 13.1. The minimum Gasteiger partial charge on any atom is -0.478 e. The number of nitrogens with zero attached hydrogens (tertiary/aromatic N) is 1. The maximum absolute atomic E-state index is 11.4. The minimum atomic E-state index is -0.867. The van der Waals surface area contributed by atoms with Gasteiger partial charge >= 0.3 is 5.97 Å².